The normalized spacial score (nSPS) is 34.5. The van der Waals surface area contributed by atoms with E-state index in [2.05, 4.69) is 0 Å². The molecule has 0 N–H and O–H groups in total. The molecule has 27 heteroatoms. The second kappa shape index (κ2) is 17.0. The van der Waals surface area contributed by atoms with Gasteiger partial charge in [0.05, 0.1) is 12.8 Å². The van der Waals surface area contributed by atoms with Gasteiger partial charge in [0.15, 0.2) is 0 Å². The zero-order valence-corrected chi connectivity index (χ0v) is 44.4. The second-order valence-corrected chi connectivity index (χ2v) is 41.7. The van der Waals surface area contributed by atoms with Crippen molar-refractivity contribution < 1.29 is 75.5 Å². The van der Waals surface area contributed by atoms with E-state index in [4.69, 9.17) is 53.9 Å². The Hall–Kier alpha value is -3.72. The van der Waals surface area contributed by atoms with Gasteiger partial charge in [-0.1, -0.05) is 182 Å². The van der Waals surface area contributed by atoms with Crippen LogP contribution in [-0.4, -0.2) is 97.0 Å². The van der Waals surface area contributed by atoms with Gasteiger partial charge in [-0.25, -0.2) is 0 Å². The molecule has 6 heterocycles. The van der Waals surface area contributed by atoms with Gasteiger partial charge in [0.1, 0.15) is 0 Å². The van der Waals surface area contributed by atoms with Crippen molar-refractivity contribution in [2.45, 2.75) is 18.1 Å². The van der Waals surface area contributed by atoms with Gasteiger partial charge in [0, 0.05) is 37.2 Å². The maximum absolute atomic E-state index is 14.0. The summed E-state index contributed by atoms with van der Waals surface area (Å²) in [6.07, 6.45) is -0.346. The first-order valence-corrected chi connectivity index (χ1v) is 37.4. The molecule has 6 aromatic rings. The van der Waals surface area contributed by atoms with Crippen molar-refractivity contribution in [2.75, 3.05) is 12.8 Å². The summed E-state index contributed by atoms with van der Waals surface area (Å²) >= 11 is 0. The zero-order chi connectivity index (χ0) is 47.0. The Balaban J connectivity index is 1.30. The molecule has 0 aliphatic carbocycles. The summed E-state index contributed by atoms with van der Waals surface area (Å²) in [6, 6.07) is 52.0. The molecule has 352 valence electrons. The Morgan fingerprint density at radius 2 is 0.691 bits per heavy atom. The van der Waals surface area contributed by atoms with E-state index >= 15 is 0 Å². The second-order valence-electron chi connectivity index (χ2n) is 16.2. The largest absolute Gasteiger partial charge is 0.523 e. The molecule has 8 bridgehead atoms. The molecule has 0 radical (unpaired) electrons. The Labute approximate surface area is 397 Å². The standard InChI is InChI=1S/C41H39F3O15SSi8/c1-61-34-48-63(35-20-8-2-9-21-35)51-62(33-32-47-60(45,46)41(42,43)44)52-64(49-61,36-22-10-3-11-23-36)55-68(40-30-18-7-19-31-40)57-65(50-61,37-24-12-4-13-25-37)56-67(54-63,39-28-16-6-17-29-39)58-66(53-62,59-68)38-26-14-5-15-27-38/h2-31H,32-34H2,1H3. The fraction of sp³-hybridized carbons (Fsp3) is 0.122. The predicted octanol–water partition coefficient (Wildman–Crippen LogP) is 2.75. The minimum atomic E-state index is -6.17. The highest BCUT2D eigenvalue weighted by atomic mass is 32.2. The van der Waals surface area contributed by atoms with Crippen LogP contribution in [0.25, 0.3) is 0 Å². The van der Waals surface area contributed by atoms with Crippen LogP contribution in [0.5, 0.6) is 0 Å². The Morgan fingerprint density at radius 1 is 0.426 bits per heavy atom. The van der Waals surface area contributed by atoms with Crippen molar-refractivity contribution in [2.24, 2.45) is 0 Å². The van der Waals surface area contributed by atoms with E-state index in [0.717, 1.165) is 0 Å². The highest BCUT2D eigenvalue weighted by Gasteiger charge is 2.83. The lowest BCUT2D eigenvalue weighted by atomic mass is 10.4. The van der Waals surface area contributed by atoms with E-state index in [1.165, 1.54) is 0 Å². The van der Waals surface area contributed by atoms with E-state index < -0.39 is 98.5 Å². The molecule has 68 heavy (non-hydrogen) atoms. The van der Waals surface area contributed by atoms with Gasteiger partial charge in [-0.05, 0) is 6.55 Å². The molecule has 0 spiro atoms. The molecule has 0 saturated carbocycles. The average molecular weight is 1090 g/mol. The lowest BCUT2D eigenvalue weighted by molar-refractivity contribution is -0.0542. The van der Waals surface area contributed by atoms with Crippen LogP contribution in [0, 0.1) is 0 Å². The van der Waals surface area contributed by atoms with Crippen molar-refractivity contribution in [3.8, 4) is 0 Å². The number of hydrogen-bond donors (Lipinski definition) is 0. The van der Waals surface area contributed by atoms with Crippen LogP contribution < -0.4 is 31.1 Å². The third kappa shape index (κ3) is 8.06. The van der Waals surface area contributed by atoms with Gasteiger partial charge in [-0.15, -0.1) is 0 Å². The molecule has 6 saturated heterocycles. The molecule has 6 aliphatic heterocycles. The summed E-state index contributed by atoms with van der Waals surface area (Å²) in [7, 11) is -44.9. The van der Waals surface area contributed by atoms with Crippen LogP contribution >= 0.6 is 0 Å². The van der Waals surface area contributed by atoms with Crippen LogP contribution in [0.15, 0.2) is 182 Å². The van der Waals surface area contributed by atoms with E-state index in [1.807, 2.05) is 36.4 Å². The molecule has 12 rings (SSSR count). The van der Waals surface area contributed by atoms with Gasteiger partial charge < -0.3 is 49.7 Å². The predicted molar refractivity (Wildman–Crippen MR) is 252 cm³/mol. The number of rotatable bonds is 10. The van der Waals surface area contributed by atoms with Crippen LogP contribution in [-0.2, 0) is 64.0 Å². The van der Waals surface area contributed by atoms with Crippen LogP contribution in [0.4, 0.5) is 13.2 Å². The average Bonchev–Trinajstić information content (AvgIpc) is 3.41. The maximum atomic E-state index is 14.0. The van der Waals surface area contributed by atoms with Crippen LogP contribution in [0.1, 0.15) is 0 Å². The van der Waals surface area contributed by atoms with Gasteiger partial charge in [0.2, 0.25) is 0 Å². The minimum absolute atomic E-state index is 0.290. The molecule has 0 aromatic heterocycles. The van der Waals surface area contributed by atoms with Crippen LogP contribution in [0.2, 0.25) is 12.6 Å². The topological polar surface area (TPSA) is 154 Å². The fourth-order valence-electron chi connectivity index (χ4n) is 8.44. The number of alkyl halides is 3. The van der Waals surface area contributed by atoms with Crippen molar-refractivity contribution >= 4 is 111 Å². The van der Waals surface area contributed by atoms with E-state index in [0.29, 0.717) is 31.1 Å². The summed E-state index contributed by atoms with van der Waals surface area (Å²) in [5.74, 6) is 0. The zero-order valence-electron chi connectivity index (χ0n) is 35.6. The monoisotopic (exact) mass is 1080 g/mol. The first-order chi connectivity index (χ1) is 32.6. The fourth-order valence-corrected chi connectivity index (χ4v) is 53.9. The summed E-state index contributed by atoms with van der Waals surface area (Å²) in [4.78, 5) is 0. The maximum Gasteiger partial charge on any atom is 0.523 e. The van der Waals surface area contributed by atoms with E-state index in [1.54, 1.807) is 152 Å². The highest BCUT2D eigenvalue weighted by Crippen LogP contribution is 2.47. The summed E-state index contributed by atoms with van der Waals surface area (Å²) < 4.78 is 164. The number of hydrogen-bond acceptors (Lipinski definition) is 15. The van der Waals surface area contributed by atoms with Crippen molar-refractivity contribution in [3.05, 3.63) is 182 Å². The Morgan fingerprint density at radius 3 is 1.03 bits per heavy atom. The molecular weight excluding hydrogens is 1050 g/mol. The van der Waals surface area contributed by atoms with Crippen molar-refractivity contribution in [1.29, 1.82) is 0 Å². The Bertz CT molecular complexity index is 2910. The lowest BCUT2D eigenvalue weighted by Crippen LogP contribution is -2.91. The summed E-state index contributed by atoms with van der Waals surface area (Å²) in [6.45, 7) is 0.577. The third-order valence-electron chi connectivity index (χ3n) is 11.4. The molecule has 15 nitrogen and oxygen atoms in total. The smallest absolute Gasteiger partial charge is 0.390 e. The molecule has 0 amide bonds. The van der Waals surface area contributed by atoms with E-state index in [-0.39, 0.29) is 6.23 Å². The van der Waals surface area contributed by atoms with Gasteiger partial charge in [-0.3, -0.25) is 4.18 Å². The van der Waals surface area contributed by atoms with Crippen LogP contribution in [0.3, 0.4) is 0 Å². The number of fused-ring (bicyclic) bond motifs is 1. The molecular formula is C41H39F3O15SSi8. The highest BCUT2D eigenvalue weighted by molar-refractivity contribution is 7.87. The first-order valence-electron chi connectivity index (χ1n) is 21.2. The van der Waals surface area contributed by atoms with Crippen molar-refractivity contribution in [1.82, 2.24) is 0 Å². The summed E-state index contributed by atoms with van der Waals surface area (Å²) in [5.41, 5.74) is -5.78. The molecule has 6 fully saturated rings. The SMILES string of the molecule is C[Si]12CO[Si]3(c4ccccc4)O[Si]4(CCOS(=O)(=O)C(F)(F)F)O[Si](c5ccccc5)(O1)O[Si]1(c5ccccc5)O[Si](c5ccccc5)(O2)O[Si](c2ccccc2)(O3)O[Si](c2ccccc2)(O4)O1. The van der Waals surface area contributed by atoms with Gasteiger partial charge in [0.25, 0.3) is 0 Å². The van der Waals surface area contributed by atoms with Gasteiger partial charge in [-0.2, -0.15) is 21.6 Å². The lowest BCUT2D eigenvalue weighted by Gasteiger charge is -2.59. The molecule has 8 atom stereocenters. The summed E-state index contributed by atoms with van der Waals surface area (Å²) in [5, 5.41) is 2.22. The number of benzene rings is 6. The Kier molecular flexibility index (Phi) is 11.6. The molecule has 6 aliphatic rings. The molecule has 6 aromatic carbocycles. The van der Waals surface area contributed by atoms with Gasteiger partial charge >= 0.3 is 85.8 Å². The van der Waals surface area contributed by atoms with E-state index in [9.17, 15) is 21.6 Å². The van der Waals surface area contributed by atoms with Crippen molar-refractivity contribution in [3.63, 3.8) is 0 Å². The molecule has 8 unspecified atom stereocenters. The number of halogens is 3. The third-order valence-corrected chi connectivity index (χ3v) is 46.4. The quantitative estimate of drug-likeness (QED) is 0.112. The minimum Gasteiger partial charge on any atom is -0.390 e. The first kappa shape index (κ1) is 46.6.